The fraction of sp³-hybridized carbons (Fsp3) is 0.240. The lowest BCUT2D eigenvalue weighted by Crippen LogP contribution is -2.08. The van der Waals surface area contributed by atoms with Gasteiger partial charge in [-0.15, -0.1) is 0 Å². The Bertz CT molecular complexity index is 944. The summed E-state index contributed by atoms with van der Waals surface area (Å²) in [5.41, 5.74) is 4.47. The summed E-state index contributed by atoms with van der Waals surface area (Å²) in [6.45, 7) is 4.22. The highest BCUT2D eigenvalue weighted by Crippen LogP contribution is 2.22. The third-order valence-electron chi connectivity index (χ3n) is 4.62. The van der Waals surface area contributed by atoms with Crippen molar-refractivity contribution >= 4 is 17.3 Å². The van der Waals surface area contributed by atoms with E-state index in [4.69, 9.17) is 4.74 Å². The highest BCUT2D eigenvalue weighted by atomic mass is 16.5. The van der Waals surface area contributed by atoms with Crippen LogP contribution >= 0.6 is 0 Å². The molecule has 0 spiro atoms. The summed E-state index contributed by atoms with van der Waals surface area (Å²) in [4.78, 5) is 12.3. The van der Waals surface area contributed by atoms with Crippen LogP contribution in [0, 0.1) is 6.92 Å². The number of hydrogen-bond donors (Lipinski definition) is 0. The SMILES string of the molecule is CCCCCc1ccc(C(=O)Oc2ccc(N=Nc3ccc(C)cc3)cc2)cc1. The summed E-state index contributed by atoms with van der Waals surface area (Å²) >= 11 is 0. The zero-order chi connectivity index (χ0) is 20.5. The number of aryl methyl sites for hydroxylation is 2. The molecule has 0 unspecified atom stereocenters. The molecule has 4 heteroatoms. The summed E-state index contributed by atoms with van der Waals surface area (Å²) in [5, 5.41) is 8.42. The molecule has 0 aromatic heterocycles. The average molecular weight is 386 g/mol. The number of esters is 1. The van der Waals surface area contributed by atoms with Gasteiger partial charge in [0.2, 0.25) is 0 Å². The van der Waals surface area contributed by atoms with E-state index in [2.05, 4.69) is 17.2 Å². The van der Waals surface area contributed by atoms with Crippen LogP contribution in [0.15, 0.2) is 83.0 Å². The van der Waals surface area contributed by atoms with Crippen LogP contribution in [-0.2, 0) is 6.42 Å². The molecular formula is C25H26N2O2. The largest absolute Gasteiger partial charge is 0.423 e. The molecule has 0 heterocycles. The molecule has 3 aromatic carbocycles. The quantitative estimate of drug-likeness (QED) is 0.176. The van der Waals surface area contributed by atoms with Crippen molar-refractivity contribution in [1.82, 2.24) is 0 Å². The molecule has 3 rings (SSSR count). The topological polar surface area (TPSA) is 51.0 Å². The summed E-state index contributed by atoms with van der Waals surface area (Å²) in [7, 11) is 0. The molecule has 3 aromatic rings. The summed E-state index contributed by atoms with van der Waals surface area (Å²) in [6, 6.07) is 22.5. The number of rotatable bonds is 8. The van der Waals surface area contributed by atoms with Gasteiger partial charge in [0.25, 0.3) is 0 Å². The number of carbonyl (C=O) groups excluding carboxylic acids is 1. The van der Waals surface area contributed by atoms with E-state index < -0.39 is 0 Å². The molecule has 4 nitrogen and oxygen atoms in total. The molecule has 0 aliphatic heterocycles. The van der Waals surface area contributed by atoms with Gasteiger partial charge in [-0.05, 0) is 73.9 Å². The van der Waals surface area contributed by atoms with Crippen molar-refractivity contribution in [2.45, 2.75) is 39.5 Å². The maximum atomic E-state index is 12.3. The zero-order valence-corrected chi connectivity index (χ0v) is 17.0. The van der Waals surface area contributed by atoms with Crippen LogP contribution in [0.2, 0.25) is 0 Å². The van der Waals surface area contributed by atoms with Crippen molar-refractivity contribution in [3.05, 3.63) is 89.5 Å². The molecule has 0 atom stereocenters. The lowest BCUT2D eigenvalue weighted by atomic mass is 10.1. The zero-order valence-electron chi connectivity index (χ0n) is 17.0. The molecule has 0 fully saturated rings. The van der Waals surface area contributed by atoms with E-state index in [0.717, 1.165) is 12.1 Å². The first kappa shape index (κ1) is 20.5. The minimum atomic E-state index is -0.362. The Morgan fingerprint density at radius 2 is 1.38 bits per heavy atom. The first-order valence-electron chi connectivity index (χ1n) is 10.0. The van der Waals surface area contributed by atoms with Crippen LogP contribution in [0.4, 0.5) is 11.4 Å². The minimum Gasteiger partial charge on any atom is -0.423 e. The van der Waals surface area contributed by atoms with E-state index in [-0.39, 0.29) is 5.97 Å². The number of unbranched alkanes of at least 4 members (excludes halogenated alkanes) is 2. The molecule has 0 radical (unpaired) electrons. The van der Waals surface area contributed by atoms with E-state index in [1.165, 1.54) is 30.4 Å². The fourth-order valence-corrected chi connectivity index (χ4v) is 2.86. The van der Waals surface area contributed by atoms with Crippen LogP contribution in [0.25, 0.3) is 0 Å². The lowest BCUT2D eigenvalue weighted by Gasteiger charge is -2.06. The van der Waals surface area contributed by atoms with Gasteiger partial charge in [0.15, 0.2) is 0 Å². The first-order chi connectivity index (χ1) is 14.1. The van der Waals surface area contributed by atoms with Crippen molar-refractivity contribution in [1.29, 1.82) is 0 Å². The Kier molecular flexibility index (Phi) is 7.28. The third kappa shape index (κ3) is 6.39. The van der Waals surface area contributed by atoms with Gasteiger partial charge in [-0.3, -0.25) is 0 Å². The third-order valence-corrected chi connectivity index (χ3v) is 4.62. The monoisotopic (exact) mass is 386 g/mol. The minimum absolute atomic E-state index is 0.362. The van der Waals surface area contributed by atoms with Crippen molar-refractivity contribution in [3.8, 4) is 5.75 Å². The Morgan fingerprint density at radius 1 is 0.793 bits per heavy atom. The van der Waals surface area contributed by atoms with Crippen molar-refractivity contribution in [2.75, 3.05) is 0 Å². The van der Waals surface area contributed by atoms with Crippen LogP contribution in [0.1, 0.15) is 47.7 Å². The Labute approximate surface area is 172 Å². The van der Waals surface area contributed by atoms with E-state index in [0.29, 0.717) is 17.0 Å². The summed E-state index contributed by atoms with van der Waals surface area (Å²) in [5.74, 6) is 0.121. The van der Waals surface area contributed by atoms with Gasteiger partial charge in [0.05, 0.1) is 16.9 Å². The van der Waals surface area contributed by atoms with Crippen molar-refractivity contribution < 1.29 is 9.53 Å². The molecule has 148 valence electrons. The molecule has 0 aliphatic rings. The van der Waals surface area contributed by atoms with E-state index >= 15 is 0 Å². The normalized spacial score (nSPS) is 11.0. The predicted octanol–water partition coefficient (Wildman–Crippen LogP) is 7.36. The number of ether oxygens (including phenoxy) is 1. The van der Waals surface area contributed by atoms with E-state index in [1.807, 2.05) is 55.5 Å². The van der Waals surface area contributed by atoms with Gasteiger partial charge in [0, 0.05) is 0 Å². The smallest absolute Gasteiger partial charge is 0.343 e. The second-order valence-corrected chi connectivity index (χ2v) is 7.07. The van der Waals surface area contributed by atoms with Gasteiger partial charge in [-0.25, -0.2) is 4.79 Å². The molecular weight excluding hydrogens is 360 g/mol. The first-order valence-corrected chi connectivity index (χ1v) is 10.0. The van der Waals surface area contributed by atoms with Gasteiger partial charge in [0.1, 0.15) is 5.75 Å². The highest BCUT2D eigenvalue weighted by Gasteiger charge is 2.08. The number of azo groups is 1. The van der Waals surface area contributed by atoms with Gasteiger partial charge in [-0.2, -0.15) is 10.2 Å². The molecule has 0 N–H and O–H groups in total. The van der Waals surface area contributed by atoms with Gasteiger partial charge in [-0.1, -0.05) is 49.6 Å². The van der Waals surface area contributed by atoms with Crippen LogP contribution in [0.5, 0.6) is 5.75 Å². The number of hydrogen-bond acceptors (Lipinski definition) is 4. The van der Waals surface area contributed by atoms with Crippen LogP contribution < -0.4 is 4.74 Å². The number of carbonyl (C=O) groups is 1. The van der Waals surface area contributed by atoms with E-state index in [1.54, 1.807) is 24.3 Å². The second kappa shape index (κ2) is 10.3. The number of benzene rings is 3. The van der Waals surface area contributed by atoms with Crippen molar-refractivity contribution in [2.24, 2.45) is 10.2 Å². The molecule has 0 bridgehead atoms. The maximum absolute atomic E-state index is 12.3. The standard InChI is InChI=1S/C25H26N2O2/c1-3-4-5-6-20-9-11-21(12-10-20)25(28)29-24-17-15-23(16-18-24)27-26-22-13-7-19(2)8-14-22/h7-18H,3-6H2,1-2H3. The Hall–Kier alpha value is -3.27. The fourth-order valence-electron chi connectivity index (χ4n) is 2.86. The number of nitrogens with zero attached hydrogens (tertiary/aromatic N) is 2. The van der Waals surface area contributed by atoms with Crippen LogP contribution in [-0.4, -0.2) is 5.97 Å². The van der Waals surface area contributed by atoms with Crippen molar-refractivity contribution in [3.63, 3.8) is 0 Å². The summed E-state index contributed by atoms with van der Waals surface area (Å²) in [6.07, 6.45) is 4.65. The van der Waals surface area contributed by atoms with Gasteiger partial charge >= 0.3 is 5.97 Å². The predicted molar refractivity (Wildman–Crippen MR) is 116 cm³/mol. The summed E-state index contributed by atoms with van der Waals surface area (Å²) < 4.78 is 5.46. The molecule has 29 heavy (non-hydrogen) atoms. The van der Waals surface area contributed by atoms with Crippen LogP contribution in [0.3, 0.4) is 0 Å². The molecule has 0 saturated heterocycles. The molecule has 0 aliphatic carbocycles. The van der Waals surface area contributed by atoms with E-state index in [9.17, 15) is 4.79 Å². The molecule has 0 amide bonds. The average Bonchev–Trinajstić information content (AvgIpc) is 2.75. The second-order valence-electron chi connectivity index (χ2n) is 7.07. The lowest BCUT2D eigenvalue weighted by molar-refractivity contribution is 0.0735. The highest BCUT2D eigenvalue weighted by molar-refractivity contribution is 5.91. The molecule has 0 saturated carbocycles. The Balaban J connectivity index is 1.56. The maximum Gasteiger partial charge on any atom is 0.343 e. The van der Waals surface area contributed by atoms with Gasteiger partial charge < -0.3 is 4.74 Å². The Morgan fingerprint density at radius 3 is 1.97 bits per heavy atom.